The van der Waals surface area contributed by atoms with Crippen molar-refractivity contribution < 1.29 is 0 Å². The number of fused-ring (bicyclic) bond motifs is 1. The Morgan fingerprint density at radius 2 is 1.93 bits per heavy atom. The molecule has 0 radical (unpaired) electrons. The number of rotatable bonds is 3. The first-order chi connectivity index (χ1) is 6.75. The molecule has 0 spiro atoms. The summed E-state index contributed by atoms with van der Waals surface area (Å²) in [5.41, 5.74) is 4.47. The minimum absolute atomic E-state index is 0. The van der Waals surface area contributed by atoms with Crippen LogP contribution in [0.4, 0.5) is 0 Å². The molecule has 0 atom stereocenters. The minimum atomic E-state index is 0. The van der Waals surface area contributed by atoms with Gasteiger partial charge in [0.1, 0.15) is 0 Å². The normalized spacial score (nSPS) is 13.4. The first-order valence-corrected chi connectivity index (χ1v) is 5.18. The largest absolute Gasteiger partial charge is 0.309 e. The third-order valence-electron chi connectivity index (χ3n) is 2.71. The molecule has 0 aliphatic heterocycles. The van der Waals surface area contributed by atoms with Gasteiger partial charge in [0.25, 0.3) is 0 Å². The van der Waals surface area contributed by atoms with Gasteiger partial charge in [0.05, 0.1) is 0 Å². The molecule has 2 heteroatoms. The van der Waals surface area contributed by atoms with E-state index in [-0.39, 0.29) is 12.4 Å². The van der Waals surface area contributed by atoms with Crippen molar-refractivity contribution in [2.45, 2.75) is 12.8 Å². The number of hydrogen-bond donors (Lipinski definition) is 0. The maximum absolute atomic E-state index is 2.35. The molecule has 0 fully saturated rings. The van der Waals surface area contributed by atoms with Gasteiger partial charge in [0, 0.05) is 6.54 Å². The molecule has 1 aliphatic rings. The second-order valence-electron chi connectivity index (χ2n) is 4.23. The fraction of sp³-hybridized carbons (Fsp3) is 0.385. The molecule has 0 heterocycles. The molecule has 1 nitrogen and oxygen atoms in total. The van der Waals surface area contributed by atoms with Gasteiger partial charge in [0.15, 0.2) is 0 Å². The maximum atomic E-state index is 2.35. The van der Waals surface area contributed by atoms with E-state index in [1.54, 1.807) is 5.57 Å². The summed E-state index contributed by atoms with van der Waals surface area (Å²) in [6.45, 7) is 1.15. The van der Waals surface area contributed by atoms with Crippen LogP contribution in [0.15, 0.2) is 29.8 Å². The van der Waals surface area contributed by atoms with Crippen LogP contribution in [0.3, 0.4) is 0 Å². The highest BCUT2D eigenvalue weighted by molar-refractivity contribution is 5.85. The lowest BCUT2D eigenvalue weighted by molar-refractivity contribution is 0.412. The van der Waals surface area contributed by atoms with Gasteiger partial charge >= 0.3 is 0 Å². The number of benzene rings is 1. The maximum Gasteiger partial charge on any atom is 0.00127 e. The highest BCUT2D eigenvalue weighted by Gasteiger charge is 2.11. The Hall–Kier alpha value is -0.790. The van der Waals surface area contributed by atoms with Gasteiger partial charge in [-0.3, -0.25) is 0 Å². The first kappa shape index (κ1) is 12.3. The zero-order valence-electron chi connectivity index (χ0n) is 9.36. The molecule has 2 rings (SSSR count). The van der Waals surface area contributed by atoms with E-state index in [4.69, 9.17) is 0 Å². The van der Waals surface area contributed by atoms with E-state index in [2.05, 4.69) is 49.3 Å². The van der Waals surface area contributed by atoms with Crippen LogP contribution in [-0.4, -0.2) is 25.5 Å². The second kappa shape index (κ2) is 5.34. The molecule has 1 aliphatic carbocycles. The zero-order valence-corrected chi connectivity index (χ0v) is 10.2. The van der Waals surface area contributed by atoms with Gasteiger partial charge < -0.3 is 4.90 Å². The molecule has 0 N–H and O–H groups in total. The molecule has 0 saturated heterocycles. The van der Waals surface area contributed by atoms with Crippen LogP contribution < -0.4 is 0 Å². The highest BCUT2D eigenvalue weighted by Crippen LogP contribution is 2.26. The third kappa shape index (κ3) is 3.08. The molecule has 0 unspecified atom stereocenters. The molecular formula is C13H18ClN. The summed E-state index contributed by atoms with van der Waals surface area (Å²) < 4.78 is 0. The Kier molecular flexibility index (Phi) is 4.37. The summed E-state index contributed by atoms with van der Waals surface area (Å²) in [5.74, 6) is 0. The molecule has 0 aromatic heterocycles. The first-order valence-electron chi connectivity index (χ1n) is 5.18. The fourth-order valence-corrected chi connectivity index (χ4v) is 1.88. The average Bonchev–Trinajstić information content (AvgIpc) is 2.57. The van der Waals surface area contributed by atoms with Gasteiger partial charge in [-0.25, -0.2) is 0 Å². The Bertz CT molecular complexity index is 355. The van der Waals surface area contributed by atoms with Crippen molar-refractivity contribution in [1.82, 2.24) is 4.90 Å². The lowest BCUT2D eigenvalue weighted by Crippen LogP contribution is -2.13. The van der Waals surface area contributed by atoms with Crippen LogP contribution >= 0.6 is 12.4 Å². The van der Waals surface area contributed by atoms with E-state index in [1.165, 1.54) is 17.5 Å². The van der Waals surface area contributed by atoms with E-state index in [9.17, 15) is 0 Å². The molecule has 82 valence electrons. The zero-order chi connectivity index (χ0) is 9.97. The Morgan fingerprint density at radius 3 is 2.60 bits per heavy atom. The van der Waals surface area contributed by atoms with E-state index in [0.29, 0.717) is 0 Å². The van der Waals surface area contributed by atoms with Gasteiger partial charge in [-0.1, -0.05) is 35.9 Å². The van der Waals surface area contributed by atoms with Crippen molar-refractivity contribution in [3.8, 4) is 0 Å². The third-order valence-corrected chi connectivity index (χ3v) is 2.71. The monoisotopic (exact) mass is 223 g/mol. The molecule has 0 amide bonds. The van der Waals surface area contributed by atoms with Gasteiger partial charge in [0.2, 0.25) is 0 Å². The van der Waals surface area contributed by atoms with E-state index in [0.717, 1.165) is 13.0 Å². The van der Waals surface area contributed by atoms with E-state index in [1.807, 2.05) is 0 Å². The lowest BCUT2D eigenvalue weighted by atomic mass is 10.1. The van der Waals surface area contributed by atoms with Crippen LogP contribution in [0.1, 0.15) is 17.5 Å². The SMILES string of the molecule is CN(C)CCC1=Cc2ccccc2C1.Cl. The Balaban J connectivity index is 0.00000112. The van der Waals surface area contributed by atoms with Gasteiger partial charge in [-0.2, -0.15) is 0 Å². The van der Waals surface area contributed by atoms with Crippen molar-refractivity contribution in [3.63, 3.8) is 0 Å². The van der Waals surface area contributed by atoms with Crippen molar-refractivity contribution in [2.75, 3.05) is 20.6 Å². The van der Waals surface area contributed by atoms with Crippen LogP contribution in [0.25, 0.3) is 6.08 Å². The summed E-state index contributed by atoms with van der Waals surface area (Å²) in [5, 5.41) is 0. The Morgan fingerprint density at radius 1 is 1.20 bits per heavy atom. The summed E-state index contributed by atoms with van der Waals surface area (Å²) in [6, 6.07) is 8.68. The van der Waals surface area contributed by atoms with Gasteiger partial charge in [-0.05, 0) is 38.1 Å². The van der Waals surface area contributed by atoms with Crippen molar-refractivity contribution in [2.24, 2.45) is 0 Å². The van der Waals surface area contributed by atoms with E-state index >= 15 is 0 Å². The van der Waals surface area contributed by atoms with Crippen molar-refractivity contribution >= 4 is 18.5 Å². The summed E-state index contributed by atoms with van der Waals surface area (Å²) >= 11 is 0. The van der Waals surface area contributed by atoms with Crippen LogP contribution in [0.5, 0.6) is 0 Å². The molecule has 0 saturated carbocycles. The number of halogens is 1. The molecular weight excluding hydrogens is 206 g/mol. The van der Waals surface area contributed by atoms with Crippen LogP contribution in [0, 0.1) is 0 Å². The quantitative estimate of drug-likeness (QED) is 0.762. The predicted molar refractivity (Wildman–Crippen MR) is 68.5 cm³/mol. The van der Waals surface area contributed by atoms with Crippen molar-refractivity contribution in [3.05, 3.63) is 41.0 Å². The minimum Gasteiger partial charge on any atom is -0.309 e. The topological polar surface area (TPSA) is 3.24 Å². The van der Waals surface area contributed by atoms with Crippen molar-refractivity contribution in [1.29, 1.82) is 0 Å². The van der Waals surface area contributed by atoms with Crippen LogP contribution in [0.2, 0.25) is 0 Å². The van der Waals surface area contributed by atoms with Crippen LogP contribution in [-0.2, 0) is 6.42 Å². The Labute approximate surface area is 98.2 Å². The summed E-state index contributed by atoms with van der Waals surface area (Å²) in [4.78, 5) is 2.24. The predicted octanol–water partition coefficient (Wildman–Crippen LogP) is 3.00. The summed E-state index contributed by atoms with van der Waals surface area (Å²) in [6.07, 6.45) is 4.70. The molecule has 0 bridgehead atoms. The highest BCUT2D eigenvalue weighted by atomic mass is 35.5. The standard InChI is InChI=1S/C13H17N.ClH/c1-14(2)8-7-11-9-12-5-3-4-6-13(12)10-11;/h3-6,9H,7-8,10H2,1-2H3;1H. The fourth-order valence-electron chi connectivity index (χ4n) is 1.88. The molecule has 1 aromatic rings. The summed E-state index contributed by atoms with van der Waals surface area (Å²) in [7, 11) is 4.26. The van der Waals surface area contributed by atoms with Gasteiger partial charge in [-0.15, -0.1) is 12.4 Å². The average molecular weight is 224 g/mol. The number of nitrogens with zero attached hydrogens (tertiary/aromatic N) is 1. The van der Waals surface area contributed by atoms with E-state index < -0.39 is 0 Å². The number of hydrogen-bond acceptors (Lipinski definition) is 1. The lowest BCUT2D eigenvalue weighted by Gasteiger charge is -2.09. The second-order valence-corrected chi connectivity index (χ2v) is 4.23. The molecule has 1 aromatic carbocycles. The molecule has 15 heavy (non-hydrogen) atoms. The smallest absolute Gasteiger partial charge is 0.00127 e.